The quantitative estimate of drug-likeness (QED) is 0.513. The zero-order valence-corrected chi connectivity index (χ0v) is 10.3. The smallest absolute Gasteiger partial charge is 0.419 e. The van der Waals surface area contributed by atoms with E-state index < -0.39 is 17.7 Å². The highest BCUT2D eigenvalue weighted by molar-refractivity contribution is 5.85. The van der Waals surface area contributed by atoms with E-state index in [4.69, 9.17) is 16.3 Å². The monoisotopic (exact) mass is 284 g/mol. The highest BCUT2D eigenvalue weighted by Crippen LogP contribution is 2.37. The number of benzene rings is 1. The van der Waals surface area contributed by atoms with Gasteiger partial charge in [-0.25, -0.2) is 4.79 Å². The lowest BCUT2D eigenvalue weighted by atomic mass is 10.1. The number of hydrogen-bond donors (Lipinski definition) is 1. The van der Waals surface area contributed by atoms with E-state index in [1.165, 1.54) is 6.07 Å². The molecule has 1 N–H and O–H groups in total. The van der Waals surface area contributed by atoms with Crippen LogP contribution in [-0.4, -0.2) is 17.7 Å². The van der Waals surface area contributed by atoms with Crippen LogP contribution in [0.25, 0.3) is 6.08 Å². The molecule has 0 aliphatic carbocycles. The van der Waals surface area contributed by atoms with E-state index in [0.29, 0.717) is 0 Å². The minimum absolute atomic E-state index is 0.0239. The maximum absolute atomic E-state index is 12.9. The fourth-order valence-electron chi connectivity index (χ4n) is 1.39. The van der Waals surface area contributed by atoms with E-state index in [1.807, 2.05) is 0 Å². The van der Waals surface area contributed by atoms with E-state index in [9.17, 15) is 18.0 Å². The highest BCUT2D eigenvalue weighted by Gasteiger charge is 2.34. The third-order valence-electron chi connectivity index (χ3n) is 2.23. The van der Waals surface area contributed by atoms with Crippen molar-refractivity contribution in [1.29, 1.82) is 0 Å². The molecule has 1 aromatic carbocycles. The number of carboxylic acid groups (broad SMARTS) is 1. The van der Waals surface area contributed by atoms with Gasteiger partial charge in [-0.3, -0.25) is 0 Å². The second-order valence-electron chi connectivity index (χ2n) is 3.73. The molecule has 3 nitrogen and oxygen atoms in total. The van der Waals surface area contributed by atoms with Crippen molar-refractivity contribution in [2.75, 3.05) is 6.61 Å². The van der Waals surface area contributed by atoms with Gasteiger partial charge in [0.1, 0.15) is 5.75 Å². The maximum Gasteiger partial charge on any atom is 0.419 e. The molecule has 6 heteroatoms. The van der Waals surface area contributed by atoms with E-state index >= 15 is 0 Å². The van der Waals surface area contributed by atoms with E-state index in [1.54, 1.807) is 0 Å². The molecule has 0 spiro atoms. The molecule has 0 aliphatic heterocycles. The number of aliphatic carboxylic acids is 1. The van der Waals surface area contributed by atoms with Crippen molar-refractivity contribution in [1.82, 2.24) is 0 Å². The summed E-state index contributed by atoms with van der Waals surface area (Å²) < 4.78 is 43.6. The van der Waals surface area contributed by atoms with Gasteiger partial charge in [-0.1, -0.05) is 6.07 Å². The third-order valence-corrected chi connectivity index (χ3v) is 2.23. The molecule has 0 atom stereocenters. The molecule has 20 heavy (non-hydrogen) atoms. The van der Waals surface area contributed by atoms with Gasteiger partial charge in [0.25, 0.3) is 0 Å². The lowest BCUT2D eigenvalue weighted by Gasteiger charge is -2.14. The van der Waals surface area contributed by atoms with Crippen molar-refractivity contribution < 1.29 is 27.8 Å². The summed E-state index contributed by atoms with van der Waals surface area (Å²) >= 11 is 0. The summed E-state index contributed by atoms with van der Waals surface area (Å²) in [5.41, 5.74) is -0.855. The van der Waals surface area contributed by atoms with Crippen LogP contribution in [-0.2, 0) is 11.0 Å². The van der Waals surface area contributed by atoms with Gasteiger partial charge in [0.15, 0.2) is 0 Å². The first kappa shape index (κ1) is 15.6. The Bertz CT molecular complexity index is 554. The second kappa shape index (κ2) is 6.66. The largest absolute Gasteiger partial charge is 0.492 e. The van der Waals surface area contributed by atoms with Crippen LogP contribution < -0.4 is 4.74 Å². The lowest BCUT2D eigenvalue weighted by Crippen LogP contribution is -2.09. The van der Waals surface area contributed by atoms with Crippen molar-refractivity contribution in [3.63, 3.8) is 0 Å². The Kier molecular flexibility index (Phi) is 5.21. The van der Waals surface area contributed by atoms with Crippen LogP contribution in [0.3, 0.4) is 0 Å². The molecule has 1 aromatic rings. The van der Waals surface area contributed by atoms with Crippen LogP contribution >= 0.6 is 0 Å². The molecule has 0 amide bonds. The predicted octanol–water partition coefficient (Wildman–Crippen LogP) is 3.21. The first-order valence-electron chi connectivity index (χ1n) is 5.53. The zero-order valence-electron chi connectivity index (χ0n) is 10.3. The normalized spacial score (nSPS) is 11.3. The van der Waals surface area contributed by atoms with Crippen molar-refractivity contribution in [2.24, 2.45) is 0 Å². The van der Waals surface area contributed by atoms with E-state index in [-0.39, 0.29) is 24.3 Å². The summed E-state index contributed by atoms with van der Waals surface area (Å²) in [5.74, 6) is 0.682. The zero-order chi connectivity index (χ0) is 15.2. The average molecular weight is 284 g/mol. The number of halogens is 3. The second-order valence-corrected chi connectivity index (χ2v) is 3.73. The summed E-state index contributed by atoms with van der Waals surface area (Å²) in [6, 6.07) is 3.30. The Balaban J connectivity index is 3.07. The molecule has 0 aromatic heterocycles. The van der Waals surface area contributed by atoms with Gasteiger partial charge in [0, 0.05) is 12.5 Å². The van der Waals surface area contributed by atoms with Crippen molar-refractivity contribution in [3.8, 4) is 18.1 Å². The van der Waals surface area contributed by atoms with E-state index in [0.717, 1.165) is 24.3 Å². The van der Waals surface area contributed by atoms with Crippen LogP contribution in [0.15, 0.2) is 24.3 Å². The Hall–Kier alpha value is -2.42. The number of rotatable bonds is 5. The number of carboxylic acids is 1. The third kappa shape index (κ3) is 4.69. The van der Waals surface area contributed by atoms with Gasteiger partial charge >= 0.3 is 12.1 Å². The summed E-state index contributed by atoms with van der Waals surface area (Å²) in [6.45, 7) is -0.0239. The fraction of sp³-hybridized carbons (Fsp3) is 0.214. The number of carbonyl (C=O) groups is 1. The molecule has 0 radical (unpaired) electrons. The number of ether oxygens (including phenoxy) is 1. The first-order valence-corrected chi connectivity index (χ1v) is 5.53. The summed E-state index contributed by atoms with van der Waals surface area (Å²) in [4.78, 5) is 10.3. The van der Waals surface area contributed by atoms with Crippen molar-refractivity contribution in [2.45, 2.75) is 12.6 Å². The standard InChI is InChI=1S/C14H11F3O3/c1-2-3-8-20-12-6-4-10(5-7-13(18)19)9-11(12)14(15,16)17/h1,4-7,9H,3,8H2,(H,18,19). The maximum atomic E-state index is 12.9. The number of alkyl halides is 3. The highest BCUT2D eigenvalue weighted by atomic mass is 19.4. The number of terminal acetylenes is 1. The molecular formula is C14H11F3O3. The van der Waals surface area contributed by atoms with Crippen LogP contribution in [0.1, 0.15) is 17.5 Å². The van der Waals surface area contributed by atoms with Crippen molar-refractivity contribution in [3.05, 3.63) is 35.4 Å². The van der Waals surface area contributed by atoms with Crippen LogP contribution in [0.5, 0.6) is 5.75 Å². The van der Waals surface area contributed by atoms with Crippen LogP contribution in [0.4, 0.5) is 13.2 Å². The fourth-order valence-corrected chi connectivity index (χ4v) is 1.39. The van der Waals surface area contributed by atoms with Crippen LogP contribution in [0.2, 0.25) is 0 Å². The van der Waals surface area contributed by atoms with Crippen molar-refractivity contribution >= 4 is 12.0 Å². The molecule has 0 heterocycles. The summed E-state index contributed by atoms with van der Waals surface area (Å²) in [7, 11) is 0. The molecule has 1 rings (SSSR count). The average Bonchev–Trinajstić information content (AvgIpc) is 2.36. The molecule has 0 saturated heterocycles. The molecule has 106 valence electrons. The first-order chi connectivity index (χ1) is 9.34. The Morgan fingerprint density at radius 2 is 2.15 bits per heavy atom. The minimum Gasteiger partial charge on any atom is -0.492 e. The van der Waals surface area contributed by atoms with E-state index in [2.05, 4.69) is 5.92 Å². The lowest BCUT2D eigenvalue weighted by molar-refractivity contribution is -0.139. The summed E-state index contributed by atoms with van der Waals surface area (Å²) in [5, 5.41) is 8.45. The van der Waals surface area contributed by atoms with Gasteiger partial charge in [0.05, 0.1) is 12.2 Å². The predicted molar refractivity (Wildman–Crippen MR) is 67.1 cm³/mol. The van der Waals surface area contributed by atoms with Crippen LogP contribution in [0, 0.1) is 12.3 Å². The Morgan fingerprint density at radius 1 is 1.45 bits per heavy atom. The van der Waals surface area contributed by atoms with Gasteiger partial charge < -0.3 is 9.84 Å². The summed E-state index contributed by atoms with van der Waals surface area (Å²) in [6.07, 6.45) is 2.42. The molecule has 0 aliphatic rings. The molecule has 0 fully saturated rings. The van der Waals surface area contributed by atoms with Gasteiger partial charge in [-0.2, -0.15) is 13.2 Å². The van der Waals surface area contributed by atoms with Gasteiger partial charge in [-0.05, 0) is 23.8 Å². The van der Waals surface area contributed by atoms with Gasteiger partial charge in [-0.15, -0.1) is 12.3 Å². The van der Waals surface area contributed by atoms with Gasteiger partial charge in [0.2, 0.25) is 0 Å². The minimum atomic E-state index is -4.60. The molecule has 0 bridgehead atoms. The molecule has 0 saturated carbocycles. The number of hydrogen-bond acceptors (Lipinski definition) is 2. The Morgan fingerprint density at radius 3 is 2.70 bits per heavy atom. The molecular weight excluding hydrogens is 273 g/mol. The topological polar surface area (TPSA) is 46.5 Å². The SMILES string of the molecule is C#CCCOc1ccc(C=CC(=O)O)cc1C(F)(F)F. The Labute approximate surface area is 113 Å². The molecule has 0 unspecified atom stereocenters.